The van der Waals surface area contributed by atoms with Gasteiger partial charge < -0.3 is 4.57 Å². The Labute approximate surface area is 131 Å². The number of hydrogen-bond acceptors (Lipinski definition) is 4. The van der Waals surface area contributed by atoms with Gasteiger partial charge in [0.05, 0.1) is 11.4 Å². The predicted molar refractivity (Wildman–Crippen MR) is 82.7 cm³/mol. The molecule has 0 spiro atoms. The van der Waals surface area contributed by atoms with Crippen molar-refractivity contribution in [2.45, 2.75) is 58.2 Å². The fourth-order valence-corrected chi connectivity index (χ4v) is 4.23. The van der Waals surface area contributed by atoms with E-state index in [4.69, 9.17) is 0 Å². The summed E-state index contributed by atoms with van der Waals surface area (Å²) in [6, 6.07) is 0.351. The van der Waals surface area contributed by atoms with E-state index in [-0.39, 0.29) is 6.54 Å². The quantitative estimate of drug-likeness (QED) is 0.750. The van der Waals surface area contributed by atoms with Crippen LogP contribution in [0.5, 0.6) is 0 Å². The minimum atomic E-state index is -4.42. The molecule has 1 aromatic heterocycles. The Kier molecular flexibility index (Phi) is 4.54. The number of nitrogens with zero attached hydrogens (tertiary/aromatic N) is 3. The Morgan fingerprint density at radius 1 is 1.45 bits per heavy atom. The molecule has 0 bridgehead atoms. The van der Waals surface area contributed by atoms with Crippen LogP contribution in [0.1, 0.15) is 44.1 Å². The Morgan fingerprint density at radius 3 is 2.95 bits per heavy atom. The second-order valence-corrected chi connectivity index (χ2v) is 8.19. The first-order chi connectivity index (χ1) is 10.4. The number of rotatable bonds is 6. The van der Waals surface area contributed by atoms with Crippen LogP contribution in [0.15, 0.2) is 6.20 Å². The summed E-state index contributed by atoms with van der Waals surface area (Å²) < 4.78 is 37.0. The molecule has 2 unspecified atom stereocenters. The normalized spacial score (nSPS) is 25.0. The summed E-state index contributed by atoms with van der Waals surface area (Å²) in [5.74, 6) is 1.36. The lowest BCUT2D eigenvalue weighted by Crippen LogP contribution is -2.37. The first-order valence-electron chi connectivity index (χ1n) is 8.12. The fourth-order valence-electron chi connectivity index (χ4n) is 3.78. The highest BCUT2D eigenvalue weighted by Crippen LogP contribution is 2.30. The fraction of sp³-hybridized carbons (Fsp3) is 0.800. The summed E-state index contributed by atoms with van der Waals surface area (Å²) >= 11 is 0. The zero-order valence-corrected chi connectivity index (χ0v) is 13.9. The smallest absolute Gasteiger partial charge is 0.303 e. The number of halogens is 1. The van der Waals surface area contributed by atoms with Crippen LogP contribution in [-0.2, 0) is 29.7 Å². The van der Waals surface area contributed by atoms with Crippen molar-refractivity contribution in [1.82, 2.24) is 14.5 Å². The lowest BCUT2D eigenvalue weighted by Gasteiger charge is -2.28. The van der Waals surface area contributed by atoms with E-state index in [2.05, 4.69) is 21.4 Å². The van der Waals surface area contributed by atoms with Gasteiger partial charge in [-0.1, -0.05) is 6.92 Å². The van der Waals surface area contributed by atoms with Gasteiger partial charge in [0.1, 0.15) is 5.82 Å². The molecule has 0 aromatic carbocycles. The van der Waals surface area contributed by atoms with Crippen molar-refractivity contribution in [2.75, 3.05) is 12.3 Å². The first-order valence-corrected chi connectivity index (χ1v) is 9.67. The molecule has 0 amide bonds. The monoisotopic (exact) mass is 329 g/mol. The van der Waals surface area contributed by atoms with Crippen LogP contribution < -0.4 is 0 Å². The van der Waals surface area contributed by atoms with Gasteiger partial charge in [0, 0.05) is 38.3 Å². The number of aryl methyl sites for hydroxylation is 1. The lowest BCUT2D eigenvalue weighted by molar-refractivity contribution is 0.192. The number of fused-ring (bicyclic) bond motifs is 1. The third-order valence-corrected chi connectivity index (χ3v) is 5.64. The van der Waals surface area contributed by atoms with Crippen molar-refractivity contribution < 1.29 is 12.3 Å². The predicted octanol–water partition coefficient (Wildman–Crippen LogP) is 2.12. The second-order valence-electron chi connectivity index (χ2n) is 6.71. The minimum absolute atomic E-state index is 0.261. The minimum Gasteiger partial charge on any atom is -0.331 e. The van der Waals surface area contributed by atoms with Crippen LogP contribution in [0.25, 0.3) is 0 Å². The molecule has 7 heteroatoms. The molecule has 124 valence electrons. The summed E-state index contributed by atoms with van der Waals surface area (Å²) in [6.45, 7) is 4.14. The molecule has 1 aromatic rings. The summed E-state index contributed by atoms with van der Waals surface area (Å²) in [5.41, 5.74) is 1.13. The van der Waals surface area contributed by atoms with Crippen LogP contribution in [0.2, 0.25) is 0 Å². The molecule has 1 saturated carbocycles. The second kappa shape index (κ2) is 6.28. The largest absolute Gasteiger partial charge is 0.331 e. The van der Waals surface area contributed by atoms with Gasteiger partial charge in [-0.15, -0.1) is 3.89 Å². The van der Waals surface area contributed by atoms with Crippen LogP contribution in [-0.4, -0.2) is 41.2 Å². The van der Waals surface area contributed by atoms with Crippen molar-refractivity contribution in [1.29, 1.82) is 0 Å². The maximum atomic E-state index is 12.9. The van der Waals surface area contributed by atoms with Crippen molar-refractivity contribution >= 4 is 10.2 Å². The van der Waals surface area contributed by atoms with Crippen molar-refractivity contribution in [3.05, 3.63) is 17.7 Å². The highest BCUT2D eigenvalue weighted by Gasteiger charge is 2.29. The molecule has 2 aliphatic rings. The average molecular weight is 329 g/mol. The van der Waals surface area contributed by atoms with Gasteiger partial charge in [-0.2, -0.15) is 8.42 Å². The van der Waals surface area contributed by atoms with Gasteiger partial charge in [0.25, 0.3) is 0 Å². The molecule has 22 heavy (non-hydrogen) atoms. The van der Waals surface area contributed by atoms with Crippen molar-refractivity contribution in [3.8, 4) is 0 Å². The Balaban J connectivity index is 1.72. The Hall–Kier alpha value is -0.950. The summed E-state index contributed by atoms with van der Waals surface area (Å²) in [7, 11) is -4.42. The SMILES string of the molecule is CC1CCC(N(CCS(=O)(=O)F)Cc2cnc3n2CCC3)C1. The maximum Gasteiger partial charge on any atom is 0.303 e. The molecule has 2 heterocycles. The molecule has 0 saturated heterocycles. The zero-order chi connectivity index (χ0) is 15.7. The Morgan fingerprint density at radius 2 is 2.27 bits per heavy atom. The van der Waals surface area contributed by atoms with E-state index in [1.807, 2.05) is 6.20 Å². The standard InChI is InChI=1S/C15H24FN3O2S/c1-12-4-5-13(9-12)18(7-8-22(16,20)21)11-14-10-17-15-3-2-6-19(14)15/h10,12-13H,2-9,11H2,1H3. The van der Waals surface area contributed by atoms with Crippen LogP contribution in [0.3, 0.4) is 0 Å². The molecule has 1 aliphatic carbocycles. The first kappa shape index (κ1) is 15.9. The zero-order valence-electron chi connectivity index (χ0n) is 13.0. The molecule has 5 nitrogen and oxygen atoms in total. The van der Waals surface area contributed by atoms with Gasteiger partial charge in [-0.3, -0.25) is 4.90 Å². The third-order valence-electron chi connectivity index (χ3n) is 4.97. The van der Waals surface area contributed by atoms with E-state index in [1.54, 1.807) is 0 Å². The number of aromatic nitrogens is 2. The molecule has 3 rings (SSSR count). The van der Waals surface area contributed by atoms with Gasteiger partial charge in [0.2, 0.25) is 0 Å². The number of imidazole rings is 1. The molecule has 0 N–H and O–H groups in total. The summed E-state index contributed by atoms with van der Waals surface area (Å²) in [5, 5.41) is 0. The van der Waals surface area contributed by atoms with Gasteiger partial charge in [0.15, 0.2) is 0 Å². The van der Waals surface area contributed by atoms with Crippen LogP contribution in [0.4, 0.5) is 3.89 Å². The Bertz CT molecular complexity index is 629. The molecule has 1 aliphatic heterocycles. The van der Waals surface area contributed by atoms with Gasteiger partial charge in [-0.25, -0.2) is 4.98 Å². The highest BCUT2D eigenvalue weighted by atomic mass is 32.3. The average Bonchev–Trinajstić information content (AvgIpc) is 3.11. The van der Waals surface area contributed by atoms with E-state index >= 15 is 0 Å². The van der Waals surface area contributed by atoms with E-state index in [0.29, 0.717) is 18.5 Å². The van der Waals surface area contributed by atoms with Crippen LogP contribution >= 0.6 is 0 Å². The molecular weight excluding hydrogens is 305 g/mol. The number of hydrogen-bond donors (Lipinski definition) is 0. The van der Waals surface area contributed by atoms with Gasteiger partial charge >= 0.3 is 10.2 Å². The topological polar surface area (TPSA) is 55.2 Å². The van der Waals surface area contributed by atoms with E-state index in [1.165, 1.54) is 0 Å². The van der Waals surface area contributed by atoms with Crippen LogP contribution in [0, 0.1) is 5.92 Å². The molecule has 0 radical (unpaired) electrons. The van der Waals surface area contributed by atoms with Crippen molar-refractivity contribution in [3.63, 3.8) is 0 Å². The van der Waals surface area contributed by atoms with E-state index in [0.717, 1.165) is 50.2 Å². The molecule has 1 fully saturated rings. The maximum absolute atomic E-state index is 12.9. The molecular formula is C15H24FN3O2S. The van der Waals surface area contributed by atoms with E-state index in [9.17, 15) is 12.3 Å². The van der Waals surface area contributed by atoms with Gasteiger partial charge in [-0.05, 0) is 31.6 Å². The van der Waals surface area contributed by atoms with E-state index < -0.39 is 16.0 Å². The summed E-state index contributed by atoms with van der Waals surface area (Å²) in [6.07, 6.45) is 7.31. The third kappa shape index (κ3) is 3.68. The molecule has 2 atom stereocenters. The summed E-state index contributed by atoms with van der Waals surface area (Å²) in [4.78, 5) is 6.59. The van der Waals surface area contributed by atoms with Crippen molar-refractivity contribution in [2.24, 2.45) is 5.92 Å². The lowest BCUT2D eigenvalue weighted by atomic mass is 10.1. The highest BCUT2D eigenvalue weighted by molar-refractivity contribution is 7.86.